The number of amides is 1. The number of aromatic amines is 1. The second-order valence-electron chi connectivity index (χ2n) is 7.85. The van der Waals surface area contributed by atoms with Crippen LogP contribution in [-0.2, 0) is 9.59 Å². The lowest BCUT2D eigenvalue weighted by Gasteiger charge is -2.22. The molecule has 3 heterocycles. The monoisotopic (exact) mass is 474 g/mol. The number of H-pyrrole nitrogens is 1. The van der Waals surface area contributed by atoms with Crippen LogP contribution in [0.25, 0.3) is 16.8 Å². The zero-order valence-corrected chi connectivity index (χ0v) is 19.0. The van der Waals surface area contributed by atoms with Gasteiger partial charge in [-0.2, -0.15) is 0 Å². The average Bonchev–Trinajstić information content (AvgIpc) is 3.37. The van der Waals surface area contributed by atoms with Gasteiger partial charge in [-0.3, -0.25) is 19.5 Å². The molecule has 0 saturated carbocycles. The lowest BCUT2D eigenvalue weighted by molar-refractivity contribution is -0.132. The van der Waals surface area contributed by atoms with Gasteiger partial charge in [0.05, 0.1) is 34.4 Å². The van der Waals surface area contributed by atoms with E-state index in [1.165, 1.54) is 18.1 Å². The summed E-state index contributed by atoms with van der Waals surface area (Å²) in [7, 11) is 1.48. The minimum atomic E-state index is -1.02. The van der Waals surface area contributed by atoms with Gasteiger partial charge in [0.25, 0.3) is 5.78 Å². The first kappa shape index (κ1) is 21.7. The van der Waals surface area contributed by atoms with E-state index in [1.807, 2.05) is 25.1 Å². The first-order valence-corrected chi connectivity index (χ1v) is 10.8. The Morgan fingerprint density at radius 1 is 1.15 bits per heavy atom. The highest BCUT2D eigenvalue weighted by Gasteiger charge is 2.49. The average molecular weight is 475 g/mol. The smallest absolute Gasteiger partial charge is 0.302 e. The number of aryl methyl sites for hydroxylation is 1. The number of anilines is 1. The lowest BCUT2D eigenvalue weighted by atomic mass is 9.98. The first-order valence-electron chi connectivity index (χ1n) is 10.4. The van der Waals surface area contributed by atoms with E-state index in [4.69, 9.17) is 16.3 Å². The van der Waals surface area contributed by atoms with Crippen molar-refractivity contribution in [3.63, 3.8) is 0 Å². The van der Waals surface area contributed by atoms with Gasteiger partial charge in [0.15, 0.2) is 0 Å². The molecule has 1 saturated heterocycles. The van der Waals surface area contributed by atoms with Gasteiger partial charge in [-0.15, -0.1) is 0 Å². The van der Waals surface area contributed by atoms with Gasteiger partial charge in [0.1, 0.15) is 17.6 Å². The Bertz CT molecular complexity index is 1480. The van der Waals surface area contributed by atoms with Crippen LogP contribution in [0.3, 0.4) is 0 Å². The topological polar surface area (TPSA) is 108 Å². The largest absolute Gasteiger partial charge is 0.507 e. The number of methoxy groups -OCH3 is 1. The summed E-state index contributed by atoms with van der Waals surface area (Å²) in [6, 6.07) is 14.4. The van der Waals surface area contributed by atoms with Gasteiger partial charge >= 0.3 is 5.91 Å². The summed E-state index contributed by atoms with van der Waals surface area (Å²) in [6.45, 7) is 1.94. The van der Waals surface area contributed by atoms with Gasteiger partial charge in [0.2, 0.25) is 5.95 Å². The van der Waals surface area contributed by atoms with Gasteiger partial charge in [-0.25, -0.2) is 4.98 Å². The van der Waals surface area contributed by atoms with Crippen molar-refractivity contribution in [1.29, 1.82) is 0 Å². The number of ether oxygens (including phenoxy) is 1. The number of aliphatic hydroxyl groups excluding tert-OH is 1. The van der Waals surface area contributed by atoms with Crippen molar-refractivity contribution in [3.8, 4) is 5.75 Å². The number of Topliss-reactive ketones (excluding diaryl/α,β-unsaturated/α-hetero) is 1. The summed E-state index contributed by atoms with van der Waals surface area (Å²) in [5.74, 6) is -1.53. The van der Waals surface area contributed by atoms with Crippen LogP contribution < -0.4 is 9.64 Å². The Morgan fingerprint density at radius 2 is 1.97 bits per heavy atom. The van der Waals surface area contributed by atoms with Crippen LogP contribution >= 0.6 is 11.6 Å². The zero-order valence-electron chi connectivity index (χ0n) is 18.2. The van der Waals surface area contributed by atoms with Crippen molar-refractivity contribution in [1.82, 2.24) is 15.0 Å². The summed E-state index contributed by atoms with van der Waals surface area (Å²) in [4.78, 5) is 39.8. The van der Waals surface area contributed by atoms with Gasteiger partial charge in [0, 0.05) is 11.8 Å². The van der Waals surface area contributed by atoms with Crippen molar-refractivity contribution in [2.75, 3.05) is 12.0 Å². The number of pyridine rings is 1. The Morgan fingerprint density at radius 3 is 2.71 bits per heavy atom. The molecule has 1 aliphatic rings. The molecule has 1 atom stereocenters. The fraction of sp³-hybridized carbons (Fsp3) is 0.120. The molecule has 1 amide bonds. The van der Waals surface area contributed by atoms with E-state index in [9.17, 15) is 14.7 Å². The number of aromatic nitrogens is 3. The van der Waals surface area contributed by atoms with E-state index in [-0.39, 0.29) is 22.1 Å². The van der Waals surface area contributed by atoms with E-state index in [1.54, 1.807) is 36.5 Å². The minimum absolute atomic E-state index is 0.143. The molecule has 4 aromatic rings. The highest BCUT2D eigenvalue weighted by Crippen LogP contribution is 2.42. The fourth-order valence-corrected chi connectivity index (χ4v) is 4.26. The number of imidazole rings is 1. The molecular formula is C25H19ClN4O4. The number of benzene rings is 2. The number of hydrogen-bond acceptors (Lipinski definition) is 6. The number of carbonyl (C=O) groups excluding carboxylic acids is 2. The SMILES string of the molecule is COc1ccc(Cl)c(/C(O)=C2\C(=O)C(=O)N(c3nc4ccc(C)cc4[nH]3)C2c2ccccn2)c1. The summed E-state index contributed by atoms with van der Waals surface area (Å²) >= 11 is 6.33. The van der Waals surface area contributed by atoms with E-state index >= 15 is 0 Å². The minimum Gasteiger partial charge on any atom is -0.507 e. The molecule has 9 heteroatoms. The fourth-order valence-electron chi connectivity index (χ4n) is 4.05. The summed E-state index contributed by atoms with van der Waals surface area (Å²) in [5.41, 5.74) is 2.78. The van der Waals surface area contributed by atoms with Crippen LogP contribution in [0.1, 0.15) is 22.9 Å². The molecule has 1 fully saturated rings. The van der Waals surface area contributed by atoms with Crippen molar-refractivity contribution >= 4 is 46.0 Å². The molecule has 2 aromatic heterocycles. The third kappa shape index (κ3) is 3.48. The third-order valence-corrected chi connectivity index (χ3v) is 6.02. The van der Waals surface area contributed by atoms with E-state index in [0.29, 0.717) is 22.5 Å². The summed E-state index contributed by atoms with van der Waals surface area (Å²) < 4.78 is 5.23. The molecular weight excluding hydrogens is 456 g/mol. The van der Waals surface area contributed by atoms with E-state index in [2.05, 4.69) is 15.0 Å². The van der Waals surface area contributed by atoms with E-state index < -0.39 is 23.5 Å². The van der Waals surface area contributed by atoms with Crippen molar-refractivity contribution in [3.05, 3.63) is 88.2 Å². The molecule has 0 spiro atoms. The molecule has 0 aliphatic carbocycles. The molecule has 1 aliphatic heterocycles. The number of hydrogen-bond donors (Lipinski definition) is 2. The Balaban J connectivity index is 1.74. The maximum atomic E-state index is 13.3. The van der Waals surface area contributed by atoms with Crippen LogP contribution in [0.4, 0.5) is 5.95 Å². The molecule has 34 heavy (non-hydrogen) atoms. The number of aliphatic hydroxyl groups is 1. The number of nitrogens with zero attached hydrogens (tertiary/aromatic N) is 3. The van der Waals surface area contributed by atoms with Gasteiger partial charge < -0.3 is 14.8 Å². The van der Waals surface area contributed by atoms with Crippen molar-refractivity contribution < 1.29 is 19.4 Å². The molecule has 2 N–H and O–H groups in total. The normalized spacial score (nSPS) is 17.5. The number of halogens is 1. The molecule has 1 unspecified atom stereocenters. The van der Waals surface area contributed by atoms with Crippen LogP contribution in [-0.4, -0.2) is 38.9 Å². The number of fused-ring (bicyclic) bond motifs is 1. The Labute approximate surface area is 199 Å². The number of rotatable bonds is 4. The number of nitrogens with one attached hydrogen (secondary N) is 1. The molecule has 170 valence electrons. The maximum absolute atomic E-state index is 13.3. The van der Waals surface area contributed by atoms with Gasteiger partial charge in [-0.05, 0) is 55.0 Å². The molecule has 2 aromatic carbocycles. The standard InChI is InChI=1S/C25H19ClN4O4/c1-13-6-9-17-19(11-13)29-25(28-17)30-21(18-5-3-4-10-27-18)20(23(32)24(30)33)22(31)15-12-14(34-2)7-8-16(15)26/h3-12,21,31H,1-2H3,(H,28,29)/b22-20+. The zero-order chi connectivity index (χ0) is 24.0. The van der Waals surface area contributed by atoms with Crippen molar-refractivity contribution in [2.45, 2.75) is 13.0 Å². The van der Waals surface area contributed by atoms with Crippen LogP contribution in [0.15, 0.2) is 66.4 Å². The molecule has 0 bridgehead atoms. The third-order valence-electron chi connectivity index (χ3n) is 5.69. The van der Waals surface area contributed by atoms with E-state index in [0.717, 1.165) is 5.56 Å². The number of carbonyl (C=O) groups is 2. The molecule has 0 radical (unpaired) electrons. The summed E-state index contributed by atoms with van der Waals surface area (Å²) in [6.07, 6.45) is 1.55. The number of ketones is 1. The Hall–Kier alpha value is -4.17. The highest BCUT2D eigenvalue weighted by molar-refractivity contribution is 6.51. The van der Waals surface area contributed by atoms with Crippen LogP contribution in [0.5, 0.6) is 5.75 Å². The van der Waals surface area contributed by atoms with Crippen molar-refractivity contribution in [2.24, 2.45) is 0 Å². The molecule has 5 rings (SSSR count). The first-order chi connectivity index (χ1) is 16.4. The van der Waals surface area contributed by atoms with Crippen LogP contribution in [0, 0.1) is 6.92 Å². The van der Waals surface area contributed by atoms with Gasteiger partial charge in [-0.1, -0.05) is 23.7 Å². The maximum Gasteiger partial charge on any atom is 0.302 e. The molecule has 8 nitrogen and oxygen atoms in total. The highest BCUT2D eigenvalue weighted by atomic mass is 35.5. The quantitative estimate of drug-likeness (QED) is 0.255. The van der Waals surface area contributed by atoms with Crippen LogP contribution in [0.2, 0.25) is 5.02 Å². The second-order valence-corrected chi connectivity index (χ2v) is 8.26. The predicted octanol–water partition coefficient (Wildman–Crippen LogP) is 4.55. The predicted molar refractivity (Wildman–Crippen MR) is 128 cm³/mol. The lowest BCUT2D eigenvalue weighted by Crippen LogP contribution is -2.30. The summed E-state index contributed by atoms with van der Waals surface area (Å²) in [5, 5.41) is 11.5. The Kier molecular flexibility index (Phi) is 5.30. The second kappa shape index (κ2) is 8.31.